The topological polar surface area (TPSA) is 60.8 Å². The van der Waals surface area contributed by atoms with Gasteiger partial charge in [-0.25, -0.2) is 14.2 Å². The average molecular weight is 346 g/mol. The molecule has 0 bridgehead atoms. The van der Waals surface area contributed by atoms with Crippen LogP contribution >= 0.6 is 0 Å². The Hall–Kier alpha value is -2.34. The monoisotopic (exact) mass is 346 g/mol. The van der Waals surface area contributed by atoms with Crippen LogP contribution in [0, 0.1) is 0 Å². The van der Waals surface area contributed by atoms with Gasteiger partial charge in [0.05, 0.1) is 12.6 Å². The first-order chi connectivity index (χ1) is 11.7. The Balaban J connectivity index is 2.69. The van der Waals surface area contributed by atoms with Crippen molar-refractivity contribution >= 4 is 23.0 Å². The quantitative estimate of drug-likeness (QED) is 0.795. The van der Waals surface area contributed by atoms with E-state index >= 15 is 0 Å². The minimum Gasteiger partial charge on any atom is -0.464 e. The van der Waals surface area contributed by atoms with Crippen molar-refractivity contribution in [2.75, 3.05) is 27.7 Å². The highest BCUT2D eigenvalue weighted by molar-refractivity contribution is 6.04. The Labute approximate surface area is 148 Å². The number of rotatable bonds is 4. The van der Waals surface area contributed by atoms with Gasteiger partial charge in [0.25, 0.3) is 0 Å². The zero-order valence-electron chi connectivity index (χ0n) is 15.8. The highest BCUT2D eigenvalue weighted by atomic mass is 16.6. The minimum absolute atomic E-state index is 0.236. The van der Waals surface area contributed by atoms with Crippen LogP contribution in [0.3, 0.4) is 0 Å². The number of aromatic nitrogens is 1. The third-order valence-corrected chi connectivity index (χ3v) is 3.74. The van der Waals surface area contributed by atoms with Crippen LogP contribution in [0.2, 0.25) is 0 Å². The van der Waals surface area contributed by atoms with Gasteiger partial charge in [0.1, 0.15) is 11.3 Å². The molecule has 0 aliphatic heterocycles. The van der Waals surface area contributed by atoms with Gasteiger partial charge in [-0.3, -0.25) is 0 Å². The predicted molar refractivity (Wildman–Crippen MR) is 97.2 cm³/mol. The van der Waals surface area contributed by atoms with Gasteiger partial charge in [0.15, 0.2) is 0 Å². The van der Waals surface area contributed by atoms with Gasteiger partial charge in [-0.2, -0.15) is 0 Å². The number of hydrogen-bond donors (Lipinski definition) is 0. The van der Waals surface area contributed by atoms with Crippen LogP contribution < -0.4 is 0 Å². The summed E-state index contributed by atoms with van der Waals surface area (Å²) in [7, 11) is 5.24. The van der Waals surface area contributed by atoms with E-state index in [0.29, 0.717) is 11.9 Å². The van der Waals surface area contributed by atoms with Crippen LogP contribution in [0.25, 0.3) is 10.9 Å². The van der Waals surface area contributed by atoms with Crippen LogP contribution in [0.1, 0.15) is 36.8 Å². The molecule has 0 fully saturated rings. The molecule has 0 amide bonds. The smallest absolute Gasteiger partial charge is 0.419 e. The molecular formula is C19H26N2O4. The van der Waals surface area contributed by atoms with Gasteiger partial charge in [0, 0.05) is 11.9 Å². The average Bonchev–Trinajstić information content (AvgIpc) is 2.85. The van der Waals surface area contributed by atoms with Crippen LogP contribution in [0.15, 0.2) is 24.3 Å². The van der Waals surface area contributed by atoms with Crippen LogP contribution in [0.4, 0.5) is 4.79 Å². The van der Waals surface area contributed by atoms with Gasteiger partial charge in [-0.15, -0.1) is 0 Å². The lowest BCUT2D eigenvalue weighted by molar-refractivity contribution is 0.0488. The molecule has 0 saturated carbocycles. The van der Waals surface area contributed by atoms with Gasteiger partial charge >= 0.3 is 12.1 Å². The molecule has 25 heavy (non-hydrogen) atoms. The largest absolute Gasteiger partial charge is 0.464 e. The van der Waals surface area contributed by atoms with Gasteiger partial charge < -0.3 is 14.4 Å². The number of likely N-dealkylation sites (N-methyl/N-ethyl adjacent to an activating group) is 1. The van der Waals surface area contributed by atoms with Crippen molar-refractivity contribution in [1.29, 1.82) is 0 Å². The first-order valence-corrected chi connectivity index (χ1v) is 8.24. The van der Waals surface area contributed by atoms with Crippen molar-refractivity contribution in [1.82, 2.24) is 9.47 Å². The Morgan fingerprint density at radius 1 is 1.16 bits per heavy atom. The standard InChI is InChI=1S/C19H26N2O4/c1-19(2,3)25-18(23)21-15-10-8-7-9-13(15)14(11-12-20(4)5)16(21)17(22)24-6/h7-10H,11-12H2,1-6H3. The van der Waals surface area contributed by atoms with Gasteiger partial charge in [-0.1, -0.05) is 18.2 Å². The summed E-state index contributed by atoms with van der Waals surface area (Å²) in [5, 5.41) is 0.857. The molecule has 1 aromatic carbocycles. The predicted octanol–water partition coefficient (Wildman–Crippen LogP) is 3.32. The second-order valence-electron chi connectivity index (χ2n) is 7.20. The van der Waals surface area contributed by atoms with E-state index in [1.54, 1.807) is 20.8 Å². The molecular weight excluding hydrogens is 320 g/mol. The molecule has 0 N–H and O–H groups in total. The van der Waals surface area contributed by atoms with E-state index in [4.69, 9.17) is 9.47 Å². The summed E-state index contributed by atoms with van der Waals surface area (Å²) >= 11 is 0. The number of ether oxygens (including phenoxy) is 2. The SMILES string of the molecule is COC(=O)c1c(CCN(C)C)c2ccccc2n1C(=O)OC(C)(C)C. The lowest BCUT2D eigenvalue weighted by Crippen LogP contribution is -2.29. The van der Waals surface area contributed by atoms with E-state index in [2.05, 4.69) is 0 Å². The maximum absolute atomic E-state index is 12.8. The van der Waals surface area contributed by atoms with Crippen LogP contribution in [0.5, 0.6) is 0 Å². The number of esters is 1. The second-order valence-corrected chi connectivity index (χ2v) is 7.20. The van der Waals surface area contributed by atoms with E-state index in [1.807, 2.05) is 43.3 Å². The molecule has 0 aliphatic rings. The first kappa shape index (κ1) is 19.0. The lowest BCUT2D eigenvalue weighted by atomic mass is 10.1. The molecule has 0 aliphatic carbocycles. The van der Waals surface area contributed by atoms with E-state index in [9.17, 15) is 9.59 Å². The zero-order chi connectivity index (χ0) is 18.8. The summed E-state index contributed by atoms with van der Waals surface area (Å²) in [6.45, 7) is 6.12. The lowest BCUT2D eigenvalue weighted by Gasteiger charge is -2.20. The van der Waals surface area contributed by atoms with E-state index in [1.165, 1.54) is 11.7 Å². The first-order valence-electron chi connectivity index (χ1n) is 8.24. The van der Waals surface area contributed by atoms with Gasteiger partial charge in [0.2, 0.25) is 0 Å². The molecule has 1 aromatic heterocycles. The number of hydrogen-bond acceptors (Lipinski definition) is 5. The molecule has 6 nitrogen and oxygen atoms in total. The van der Waals surface area contributed by atoms with Crippen LogP contribution in [-0.2, 0) is 15.9 Å². The Morgan fingerprint density at radius 2 is 1.80 bits per heavy atom. The fraction of sp³-hybridized carbons (Fsp3) is 0.474. The van der Waals surface area contributed by atoms with Crippen molar-refractivity contribution in [2.45, 2.75) is 32.8 Å². The summed E-state index contributed by atoms with van der Waals surface area (Å²) in [5.74, 6) is -0.546. The number of carbonyl (C=O) groups excluding carboxylic acids is 2. The summed E-state index contributed by atoms with van der Waals surface area (Å²) in [6.07, 6.45) is 0.0356. The third kappa shape index (κ3) is 4.20. The molecule has 0 unspecified atom stereocenters. The molecule has 6 heteroatoms. The third-order valence-electron chi connectivity index (χ3n) is 3.74. The van der Waals surface area contributed by atoms with Crippen molar-refractivity contribution in [2.24, 2.45) is 0 Å². The van der Waals surface area contributed by atoms with Crippen molar-refractivity contribution < 1.29 is 19.1 Å². The normalized spacial score (nSPS) is 11.8. The van der Waals surface area contributed by atoms with E-state index < -0.39 is 17.7 Å². The Morgan fingerprint density at radius 3 is 2.36 bits per heavy atom. The van der Waals surface area contributed by atoms with Crippen molar-refractivity contribution in [3.05, 3.63) is 35.5 Å². The summed E-state index contributed by atoms with van der Waals surface area (Å²) in [5.41, 5.74) is 1.01. The summed E-state index contributed by atoms with van der Waals surface area (Å²) in [4.78, 5) is 27.3. The van der Waals surface area contributed by atoms with Crippen molar-refractivity contribution in [3.8, 4) is 0 Å². The van der Waals surface area contributed by atoms with Gasteiger partial charge in [-0.05, 0) is 52.9 Å². The number of nitrogens with zero attached hydrogens (tertiary/aromatic N) is 2. The minimum atomic E-state index is -0.667. The molecule has 1 heterocycles. The number of fused-ring (bicyclic) bond motifs is 1. The number of carbonyl (C=O) groups is 2. The number of para-hydroxylation sites is 1. The fourth-order valence-electron chi connectivity index (χ4n) is 2.70. The van der Waals surface area contributed by atoms with Crippen LogP contribution in [-0.4, -0.2) is 54.9 Å². The Bertz CT molecular complexity index is 785. The van der Waals surface area contributed by atoms with E-state index in [0.717, 1.165) is 17.5 Å². The maximum Gasteiger partial charge on any atom is 0.419 e. The molecule has 2 rings (SSSR count). The number of methoxy groups -OCH3 is 1. The molecule has 0 radical (unpaired) electrons. The van der Waals surface area contributed by atoms with Crippen molar-refractivity contribution in [3.63, 3.8) is 0 Å². The molecule has 0 saturated heterocycles. The Kier molecular flexibility index (Phi) is 5.52. The number of benzene rings is 1. The zero-order valence-corrected chi connectivity index (χ0v) is 15.8. The fourth-order valence-corrected chi connectivity index (χ4v) is 2.70. The highest BCUT2D eigenvalue weighted by Gasteiger charge is 2.29. The van der Waals surface area contributed by atoms with E-state index in [-0.39, 0.29) is 5.69 Å². The molecule has 0 spiro atoms. The second kappa shape index (κ2) is 7.27. The molecule has 136 valence electrons. The summed E-state index contributed by atoms with van der Waals surface area (Å²) in [6, 6.07) is 7.44. The molecule has 2 aromatic rings. The summed E-state index contributed by atoms with van der Waals surface area (Å²) < 4.78 is 11.8. The molecule has 0 atom stereocenters. The highest BCUT2D eigenvalue weighted by Crippen LogP contribution is 2.28. The maximum atomic E-state index is 12.8.